The third-order valence-electron chi connectivity index (χ3n) is 4.36. The fraction of sp³-hybridized carbons (Fsp3) is 1.00. The highest BCUT2D eigenvalue weighted by Crippen LogP contribution is 2.43. The van der Waals surface area contributed by atoms with Crippen LogP contribution in [0, 0.1) is 0 Å². The van der Waals surface area contributed by atoms with Crippen LogP contribution in [0.4, 0.5) is 0 Å². The summed E-state index contributed by atoms with van der Waals surface area (Å²) < 4.78 is 0.457. The normalized spacial score (nSPS) is 27.6. The molecule has 0 aromatic heterocycles. The van der Waals surface area contributed by atoms with E-state index in [-0.39, 0.29) is 0 Å². The molecule has 2 rings (SSSR count). The second kappa shape index (κ2) is 6.30. The molecule has 0 unspecified atom stereocenters. The maximum absolute atomic E-state index is 6.10. The minimum Gasteiger partial charge on any atom is -0.329 e. The van der Waals surface area contributed by atoms with Gasteiger partial charge in [0.15, 0.2) is 0 Å². The van der Waals surface area contributed by atoms with Crippen molar-refractivity contribution in [2.45, 2.75) is 80.6 Å². The van der Waals surface area contributed by atoms with Gasteiger partial charge in [-0.3, -0.25) is 0 Å². The van der Waals surface area contributed by atoms with Crippen LogP contribution in [0.15, 0.2) is 0 Å². The van der Waals surface area contributed by atoms with Crippen molar-refractivity contribution >= 4 is 11.8 Å². The summed E-state index contributed by atoms with van der Waals surface area (Å²) in [6, 6.07) is 0. The summed E-state index contributed by atoms with van der Waals surface area (Å²) in [5, 5.41) is 0.926. The Labute approximate surface area is 105 Å². The highest BCUT2D eigenvalue weighted by Gasteiger charge is 2.33. The van der Waals surface area contributed by atoms with Crippen molar-refractivity contribution in [3.05, 3.63) is 0 Å². The van der Waals surface area contributed by atoms with Gasteiger partial charge in [-0.05, 0) is 25.7 Å². The second-order valence-corrected chi connectivity index (χ2v) is 7.45. The Kier molecular flexibility index (Phi) is 5.02. The molecule has 0 atom stereocenters. The average Bonchev–Trinajstić information content (AvgIpc) is 2.57. The predicted octanol–water partition coefficient (Wildman–Crippen LogP) is 4.10. The van der Waals surface area contributed by atoms with Gasteiger partial charge in [-0.15, -0.1) is 0 Å². The highest BCUT2D eigenvalue weighted by atomic mass is 32.2. The third-order valence-corrected chi connectivity index (χ3v) is 6.24. The molecule has 0 spiro atoms. The molecular formula is C14H27NS. The maximum atomic E-state index is 6.10. The van der Waals surface area contributed by atoms with Crippen LogP contribution in [0.1, 0.15) is 70.6 Å². The highest BCUT2D eigenvalue weighted by molar-refractivity contribution is 8.01. The van der Waals surface area contributed by atoms with E-state index in [1.165, 1.54) is 70.6 Å². The molecular weight excluding hydrogens is 214 g/mol. The van der Waals surface area contributed by atoms with E-state index < -0.39 is 0 Å². The van der Waals surface area contributed by atoms with Crippen molar-refractivity contribution in [2.75, 3.05) is 6.54 Å². The van der Waals surface area contributed by atoms with E-state index in [1.54, 1.807) is 0 Å². The van der Waals surface area contributed by atoms with Gasteiger partial charge in [0.25, 0.3) is 0 Å². The molecule has 94 valence electrons. The molecule has 16 heavy (non-hydrogen) atoms. The molecule has 2 saturated carbocycles. The van der Waals surface area contributed by atoms with Gasteiger partial charge in [0.2, 0.25) is 0 Å². The largest absolute Gasteiger partial charge is 0.329 e. The summed E-state index contributed by atoms with van der Waals surface area (Å²) >= 11 is 2.28. The average molecular weight is 241 g/mol. The Balaban J connectivity index is 1.90. The van der Waals surface area contributed by atoms with E-state index in [0.29, 0.717) is 4.75 Å². The molecule has 0 saturated heterocycles. The Hall–Kier alpha value is 0.310. The van der Waals surface area contributed by atoms with E-state index >= 15 is 0 Å². The van der Waals surface area contributed by atoms with E-state index in [2.05, 4.69) is 11.8 Å². The number of hydrogen-bond acceptors (Lipinski definition) is 2. The van der Waals surface area contributed by atoms with Gasteiger partial charge in [-0.25, -0.2) is 0 Å². The Morgan fingerprint density at radius 1 is 0.875 bits per heavy atom. The molecule has 2 aliphatic rings. The first kappa shape index (κ1) is 12.8. The summed E-state index contributed by atoms with van der Waals surface area (Å²) in [5.41, 5.74) is 6.10. The summed E-state index contributed by atoms with van der Waals surface area (Å²) in [6.07, 6.45) is 15.7. The number of thioether (sulfide) groups is 1. The number of rotatable bonds is 3. The van der Waals surface area contributed by atoms with Gasteiger partial charge >= 0.3 is 0 Å². The quantitative estimate of drug-likeness (QED) is 0.753. The summed E-state index contributed by atoms with van der Waals surface area (Å²) in [5.74, 6) is 0. The minimum atomic E-state index is 0.457. The first-order valence-corrected chi connectivity index (χ1v) is 8.10. The summed E-state index contributed by atoms with van der Waals surface area (Å²) in [6.45, 7) is 0.911. The molecule has 0 bridgehead atoms. The molecule has 0 heterocycles. The monoisotopic (exact) mass is 241 g/mol. The van der Waals surface area contributed by atoms with Crippen molar-refractivity contribution in [1.29, 1.82) is 0 Å². The topological polar surface area (TPSA) is 26.0 Å². The van der Waals surface area contributed by atoms with Crippen LogP contribution in [0.5, 0.6) is 0 Å². The van der Waals surface area contributed by atoms with Crippen molar-refractivity contribution < 1.29 is 0 Å². The lowest BCUT2D eigenvalue weighted by Gasteiger charge is -2.36. The molecule has 2 fully saturated rings. The molecule has 2 N–H and O–H groups in total. The minimum absolute atomic E-state index is 0.457. The first-order chi connectivity index (χ1) is 7.85. The molecule has 2 heteroatoms. The first-order valence-electron chi connectivity index (χ1n) is 7.23. The second-order valence-electron chi connectivity index (χ2n) is 5.68. The lowest BCUT2D eigenvalue weighted by atomic mass is 9.99. The van der Waals surface area contributed by atoms with Crippen molar-refractivity contribution in [2.24, 2.45) is 5.73 Å². The van der Waals surface area contributed by atoms with Crippen LogP contribution in [-0.2, 0) is 0 Å². The molecule has 0 radical (unpaired) electrons. The SMILES string of the molecule is NCC1(SC2CCCCC2)CCCCCC1. The molecule has 0 aromatic carbocycles. The molecule has 0 amide bonds. The molecule has 0 aliphatic heterocycles. The molecule has 1 nitrogen and oxygen atoms in total. The van der Waals surface area contributed by atoms with E-state index in [4.69, 9.17) is 5.73 Å². The zero-order chi connectivity index (χ0) is 11.3. The predicted molar refractivity (Wildman–Crippen MR) is 74.0 cm³/mol. The van der Waals surface area contributed by atoms with Crippen LogP contribution in [-0.4, -0.2) is 16.5 Å². The number of nitrogens with two attached hydrogens (primary N) is 1. The van der Waals surface area contributed by atoms with E-state index in [1.807, 2.05) is 0 Å². The Morgan fingerprint density at radius 3 is 2.00 bits per heavy atom. The fourth-order valence-electron chi connectivity index (χ4n) is 3.28. The fourth-order valence-corrected chi connectivity index (χ4v) is 5.18. The van der Waals surface area contributed by atoms with Crippen LogP contribution < -0.4 is 5.73 Å². The van der Waals surface area contributed by atoms with Crippen LogP contribution in [0.25, 0.3) is 0 Å². The maximum Gasteiger partial charge on any atom is 0.0285 e. The summed E-state index contributed by atoms with van der Waals surface area (Å²) in [7, 11) is 0. The van der Waals surface area contributed by atoms with Gasteiger partial charge in [0, 0.05) is 16.5 Å². The van der Waals surface area contributed by atoms with Crippen LogP contribution in [0.2, 0.25) is 0 Å². The lowest BCUT2D eigenvalue weighted by Crippen LogP contribution is -2.36. The van der Waals surface area contributed by atoms with Crippen molar-refractivity contribution in [3.8, 4) is 0 Å². The lowest BCUT2D eigenvalue weighted by molar-refractivity contribution is 0.488. The smallest absolute Gasteiger partial charge is 0.0285 e. The molecule has 0 aromatic rings. The van der Waals surface area contributed by atoms with Crippen molar-refractivity contribution in [1.82, 2.24) is 0 Å². The van der Waals surface area contributed by atoms with Gasteiger partial charge in [0.1, 0.15) is 0 Å². The van der Waals surface area contributed by atoms with Crippen LogP contribution >= 0.6 is 11.8 Å². The zero-order valence-corrected chi connectivity index (χ0v) is 11.4. The Bertz CT molecular complexity index is 191. The van der Waals surface area contributed by atoms with Gasteiger partial charge in [0.05, 0.1) is 0 Å². The molecule has 2 aliphatic carbocycles. The summed E-state index contributed by atoms with van der Waals surface area (Å²) in [4.78, 5) is 0. The van der Waals surface area contributed by atoms with Gasteiger partial charge in [-0.2, -0.15) is 11.8 Å². The zero-order valence-electron chi connectivity index (χ0n) is 10.5. The van der Waals surface area contributed by atoms with Crippen LogP contribution in [0.3, 0.4) is 0 Å². The number of hydrogen-bond donors (Lipinski definition) is 1. The van der Waals surface area contributed by atoms with Gasteiger partial charge in [-0.1, -0.05) is 44.9 Å². The van der Waals surface area contributed by atoms with E-state index in [0.717, 1.165) is 11.8 Å². The third kappa shape index (κ3) is 3.40. The van der Waals surface area contributed by atoms with Gasteiger partial charge < -0.3 is 5.73 Å². The van der Waals surface area contributed by atoms with Crippen molar-refractivity contribution in [3.63, 3.8) is 0 Å². The Morgan fingerprint density at radius 2 is 1.44 bits per heavy atom. The van der Waals surface area contributed by atoms with E-state index in [9.17, 15) is 0 Å². The standard InChI is InChI=1S/C14H27NS/c15-12-14(10-6-1-2-7-11-14)16-13-8-4-3-5-9-13/h13H,1-12,15H2.